The number of benzene rings is 1. The van der Waals surface area contributed by atoms with E-state index in [2.05, 4.69) is 22.6 Å². The van der Waals surface area contributed by atoms with Gasteiger partial charge in [0.2, 0.25) is 0 Å². The van der Waals surface area contributed by atoms with Gasteiger partial charge in [0.05, 0.1) is 17.2 Å². The number of aryl methyl sites for hydroxylation is 1. The Bertz CT molecular complexity index is 340. The van der Waals surface area contributed by atoms with Crippen LogP contribution in [-0.4, -0.2) is 12.6 Å². The van der Waals surface area contributed by atoms with Gasteiger partial charge in [-0.2, -0.15) is 0 Å². The van der Waals surface area contributed by atoms with Crippen LogP contribution >= 0.6 is 34.2 Å². The molecule has 1 aromatic carbocycles. The van der Waals surface area contributed by atoms with Gasteiger partial charge in [-0.05, 0) is 54.1 Å². The van der Waals surface area contributed by atoms with Crippen LogP contribution in [-0.2, 0) is 4.74 Å². The third kappa shape index (κ3) is 2.60. The zero-order valence-electron chi connectivity index (χ0n) is 7.93. The average molecular weight is 325 g/mol. The normalized spacial score (nSPS) is 10.0. The molecule has 0 aliphatic rings. The van der Waals surface area contributed by atoms with Crippen molar-refractivity contribution >= 4 is 40.2 Å². The molecule has 0 aliphatic heterocycles. The zero-order valence-corrected chi connectivity index (χ0v) is 10.8. The first-order chi connectivity index (χ1) is 6.56. The first-order valence-corrected chi connectivity index (χ1v) is 5.64. The molecule has 0 radical (unpaired) electrons. The molecule has 0 spiro atoms. The Hall–Kier alpha value is -0.290. The van der Waals surface area contributed by atoms with Crippen molar-refractivity contribution in [3.63, 3.8) is 0 Å². The van der Waals surface area contributed by atoms with E-state index >= 15 is 0 Å². The predicted octanol–water partition coefficient (Wildman–Crippen LogP) is 3.43. The molecule has 0 unspecified atom stereocenters. The number of carbonyl (C=O) groups is 1. The minimum Gasteiger partial charge on any atom is -0.462 e. The Balaban J connectivity index is 3.06. The number of carbonyl (C=O) groups excluding carboxylic acids is 1. The van der Waals surface area contributed by atoms with Gasteiger partial charge in [0, 0.05) is 3.57 Å². The monoisotopic (exact) mass is 324 g/mol. The summed E-state index contributed by atoms with van der Waals surface area (Å²) < 4.78 is 5.76. The first-order valence-electron chi connectivity index (χ1n) is 4.19. The van der Waals surface area contributed by atoms with E-state index in [-0.39, 0.29) is 5.97 Å². The summed E-state index contributed by atoms with van der Waals surface area (Å²) in [5, 5.41) is 0.693. The summed E-state index contributed by atoms with van der Waals surface area (Å²) in [5.41, 5.74) is 1.44. The second kappa shape index (κ2) is 4.98. The van der Waals surface area contributed by atoms with E-state index in [0.29, 0.717) is 17.2 Å². The van der Waals surface area contributed by atoms with Crippen molar-refractivity contribution in [3.8, 4) is 0 Å². The summed E-state index contributed by atoms with van der Waals surface area (Å²) in [6.45, 7) is 4.04. The van der Waals surface area contributed by atoms with Crippen LogP contribution in [0.3, 0.4) is 0 Å². The van der Waals surface area contributed by atoms with E-state index in [1.165, 1.54) is 0 Å². The Kier molecular flexibility index (Phi) is 4.19. The average Bonchev–Trinajstić information content (AvgIpc) is 2.13. The van der Waals surface area contributed by atoms with Crippen LogP contribution < -0.4 is 0 Å². The molecule has 0 aliphatic carbocycles. The van der Waals surface area contributed by atoms with Gasteiger partial charge in [-0.1, -0.05) is 11.6 Å². The van der Waals surface area contributed by atoms with E-state index in [1.807, 2.05) is 6.92 Å². The molecule has 76 valence electrons. The topological polar surface area (TPSA) is 26.3 Å². The standard InChI is InChI=1S/C10H10ClIO2/c1-3-14-10(13)7-4-6(2)9(11)8(12)5-7/h4-5H,3H2,1-2H3. The quantitative estimate of drug-likeness (QED) is 0.615. The molecule has 0 amide bonds. The van der Waals surface area contributed by atoms with Gasteiger partial charge in [0.15, 0.2) is 0 Å². The Morgan fingerprint density at radius 1 is 1.57 bits per heavy atom. The second-order valence-corrected chi connectivity index (χ2v) is 4.35. The van der Waals surface area contributed by atoms with Gasteiger partial charge in [-0.25, -0.2) is 4.79 Å². The summed E-state index contributed by atoms with van der Waals surface area (Å²) >= 11 is 8.07. The van der Waals surface area contributed by atoms with Crippen LogP contribution in [0, 0.1) is 10.5 Å². The molecule has 4 heteroatoms. The molecule has 0 fully saturated rings. The van der Waals surface area contributed by atoms with Crippen LogP contribution in [0.2, 0.25) is 5.02 Å². The lowest BCUT2D eigenvalue weighted by Crippen LogP contribution is -2.05. The highest BCUT2D eigenvalue weighted by molar-refractivity contribution is 14.1. The minimum atomic E-state index is -0.301. The van der Waals surface area contributed by atoms with Crippen LogP contribution in [0.15, 0.2) is 12.1 Å². The summed E-state index contributed by atoms with van der Waals surface area (Å²) in [4.78, 5) is 11.4. The van der Waals surface area contributed by atoms with E-state index in [0.717, 1.165) is 9.13 Å². The van der Waals surface area contributed by atoms with Gasteiger partial charge >= 0.3 is 5.97 Å². The van der Waals surface area contributed by atoms with Gasteiger partial charge < -0.3 is 4.74 Å². The molecule has 1 aromatic rings. The smallest absolute Gasteiger partial charge is 0.338 e. The van der Waals surface area contributed by atoms with Crippen molar-refractivity contribution in [3.05, 3.63) is 31.9 Å². The molecule has 14 heavy (non-hydrogen) atoms. The fourth-order valence-electron chi connectivity index (χ4n) is 1.06. The number of halogens is 2. The highest BCUT2D eigenvalue weighted by Crippen LogP contribution is 2.24. The lowest BCUT2D eigenvalue weighted by atomic mass is 10.1. The summed E-state index contributed by atoms with van der Waals surface area (Å²) in [7, 11) is 0. The van der Waals surface area contributed by atoms with Crippen molar-refractivity contribution in [2.24, 2.45) is 0 Å². The van der Waals surface area contributed by atoms with Crippen molar-refractivity contribution < 1.29 is 9.53 Å². The van der Waals surface area contributed by atoms with E-state index in [4.69, 9.17) is 16.3 Å². The van der Waals surface area contributed by atoms with Gasteiger partial charge in [0.1, 0.15) is 0 Å². The molecule has 2 nitrogen and oxygen atoms in total. The number of esters is 1. The molecule has 1 rings (SSSR count). The highest BCUT2D eigenvalue weighted by atomic mass is 127. The largest absolute Gasteiger partial charge is 0.462 e. The Labute approximate surface area is 102 Å². The molecule has 0 atom stereocenters. The first kappa shape index (κ1) is 11.8. The summed E-state index contributed by atoms with van der Waals surface area (Å²) in [6, 6.07) is 3.47. The SMILES string of the molecule is CCOC(=O)c1cc(C)c(Cl)c(I)c1. The number of ether oxygens (including phenoxy) is 1. The molecule has 0 heterocycles. The van der Waals surface area contributed by atoms with Crippen molar-refractivity contribution in [1.82, 2.24) is 0 Å². The van der Waals surface area contributed by atoms with E-state index < -0.39 is 0 Å². The Morgan fingerprint density at radius 3 is 2.71 bits per heavy atom. The van der Waals surface area contributed by atoms with Crippen LogP contribution in [0.1, 0.15) is 22.8 Å². The van der Waals surface area contributed by atoms with Crippen molar-refractivity contribution in [2.75, 3.05) is 6.61 Å². The fraction of sp³-hybridized carbons (Fsp3) is 0.300. The molecule has 0 saturated carbocycles. The van der Waals surface area contributed by atoms with Crippen LogP contribution in [0.4, 0.5) is 0 Å². The number of rotatable bonds is 2. The Morgan fingerprint density at radius 2 is 2.21 bits per heavy atom. The van der Waals surface area contributed by atoms with Crippen LogP contribution in [0.25, 0.3) is 0 Å². The van der Waals surface area contributed by atoms with E-state index in [9.17, 15) is 4.79 Å². The number of hydrogen-bond acceptors (Lipinski definition) is 2. The minimum absolute atomic E-state index is 0.301. The predicted molar refractivity (Wildman–Crippen MR) is 64.9 cm³/mol. The summed E-state index contributed by atoms with van der Waals surface area (Å²) in [5.74, 6) is -0.301. The highest BCUT2D eigenvalue weighted by Gasteiger charge is 2.10. The third-order valence-electron chi connectivity index (χ3n) is 1.72. The maximum Gasteiger partial charge on any atom is 0.338 e. The van der Waals surface area contributed by atoms with Gasteiger partial charge in [-0.3, -0.25) is 0 Å². The van der Waals surface area contributed by atoms with Crippen molar-refractivity contribution in [2.45, 2.75) is 13.8 Å². The zero-order chi connectivity index (χ0) is 10.7. The molecule has 0 aromatic heterocycles. The molecule has 0 bridgehead atoms. The molecular weight excluding hydrogens is 314 g/mol. The van der Waals surface area contributed by atoms with Crippen LogP contribution in [0.5, 0.6) is 0 Å². The van der Waals surface area contributed by atoms with E-state index in [1.54, 1.807) is 19.1 Å². The maximum atomic E-state index is 11.4. The lowest BCUT2D eigenvalue weighted by Gasteiger charge is -2.05. The second-order valence-electron chi connectivity index (χ2n) is 2.81. The summed E-state index contributed by atoms with van der Waals surface area (Å²) in [6.07, 6.45) is 0. The number of hydrogen-bond donors (Lipinski definition) is 0. The molecular formula is C10H10ClIO2. The third-order valence-corrected chi connectivity index (χ3v) is 3.39. The maximum absolute atomic E-state index is 11.4. The van der Waals surface area contributed by atoms with Gasteiger partial charge in [0.25, 0.3) is 0 Å². The molecule has 0 N–H and O–H groups in total. The molecule has 0 saturated heterocycles. The fourth-order valence-corrected chi connectivity index (χ4v) is 1.93. The van der Waals surface area contributed by atoms with Gasteiger partial charge in [-0.15, -0.1) is 0 Å². The lowest BCUT2D eigenvalue weighted by molar-refractivity contribution is 0.0526. The van der Waals surface area contributed by atoms with Crippen molar-refractivity contribution in [1.29, 1.82) is 0 Å².